The Balaban J connectivity index is 1.82. The molecule has 0 spiro atoms. The van der Waals surface area contributed by atoms with Gasteiger partial charge in [0.05, 0.1) is 42.8 Å². The molecule has 0 aliphatic heterocycles. The van der Waals surface area contributed by atoms with Crippen LogP contribution >= 0.6 is 11.3 Å². The lowest BCUT2D eigenvalue weighted by Crippen LogP contribution is -2.15. The number of hydrogen-bond donors (Lipinski definition) is 1. The summed E-state index contributed by atoms with van der Waals surface area (Å²) >= 11 is 0.959. The molecule has 168 valence electrons. The van der Waals surface area contributed by atoms with Crippen LogP contribution in [0.15, 0.2) is 42.7 Å². The average molecular weight is 465 g/mol. The number of rotatable bonds is 5. The maximum absolute atomic E-state index is 13.4. The van der Waals surface area contributed by atoms with E-state index in [9.17, 15) is 14.4 Å². The molecule has 4 aromatic rings. The monoisotopic (exact) mass is 464 g/mol. The first-order valence-electron chi connectivity index (χ1n) is 9.84. The highest BCUT2D eigenvalue weighted by molar-refractivity contribution is 7.18. The molecule has 0 radical (unpaired) electrons. The fourth-order valence-corrected chi connectivity index (χ4v) is 4.58. The minimum atomic E-state index is -0.662. The molecule has 3 aromatic heterocycles. The number of amides is 1. The zero-order valence-corrected chi connectivity index (χ0v) is 19.1. The summed E-state index contributed by atoms with van der Waals surface area (Å²) in [6.07, 6.45) is 3.47. The summed E-state index contributed by atoms with van der Waals surface area (Å²) in [6, 6.07) is 8.94. The lowest BCUT2D eigenvalue weighted by molar-refractivity contribution is 0.0601. The van der Waals surface area contributed by atoms with Crippen LogP contribution in [0.1, 0.15) is 36.0 Å². The molecule has 33 heavy (non-hydrogen) atoms. The molecule has 0 unspecified atom stereocenters. The fourth-order valence-electron chi connectivity index (χ4n) is 3.47. The van der Waals surface area contributed by atoms with Gasteiger partial charge in [0.25, 0.3) is 5.91 Å². The molecular weight excluding hydrogens is 444 g/mol. The first-order valence-corrected chi connectivity index (χ1v) is 10.7. The minimum absolute atomic E-state index is 0.113. The highest BCUT2D eigenvalue weighted by Crippen LogP contribution is 2.35. The van der Waals surface area contributed by atoms with Crippen LogP contribution < -0.4 is 5.32 Å². The van der Waals surface area contributed by atoms with Gasteiger partial charge >= 0.3 is 11.9 Å². The van der Waals surface area contributed by atoms with E-state index in [-0.39, 0.29) is 15.4 Å². The molecular formula is C23H20N4O5S. The second kappa shape index (κ2) is 8.83. The maximum Gasteiger partial charge on any atom is 0.348 e. The Bertz CT molecular complexity index is 1410. The van der Waals surface area contributed by atoms with Crippen LogP contribution in [0.5, 0.6) is 0 Å². The van der Waals surface area contributed by atoms with E-state index in [1.165, 1.54) is 14.2 Å². The van der Waals surface area contributed by atoms with Crippen molar-refractivity contribution in [2.75, 3.05) is 19.5 Å². The van der Waals surface area contributed by atoms with E-state index in [1.54, 1.807) is 43.2 Å². The summed E-state index contributed by atoms with van der Waals surface area (Å²) in [4.78, 5) is 42.8. The van der Waals surface area contributed by atoms with Crippen LogP contribution in [0, 0.1) is 6.92 Å². The molecule has 4 rings (SSSR count). The number of benzene rings is 1. The SMILES string of the molecule is COC(=O)c1sc(NC(=O)c2cc(-c3cnn(C)c3)nc3ccccc23)c(C(=O)OC)c1C. The van der Waals surface area contributed by atoms with Crippen molar-refractivity contribution in [1.82, 2.24) is 14.8 Å². The molecule has 1 amide bonds. The van der Waals surface area contributed by atoms with Crippen molar-refractivity contribution in [2.45, 2.75) is 6.92 Å². The molecule has 3 heterocycles. The molecule has 10 heteroatoms. The highest BCUT2D eigenvalue weighted by Gasteiger charge is 2.27. The molecule has 0 fully saturated rings. The Morgan fingerprint density at radius 3 is 2.48 bits per heavy atom. The number of hydrogen-bond acceptors (Lipinski definition) is 8. The number of methoxy groups -OCH3 is 2. The van der Waals surface area contributed by atoms with E-state index < -0.39 is 17.8 Å². The van der Waals surface area contributed by atoms with Crippen LogP contribution in [0.4, 0.5) is 5.00 Å². The largest absolute Gasteiger partial charge is 0.465 e. The number of carbonyl (C=O) groups is 3. The van der Waals surface area contributed by atoms with E-state index in [1.807, 2.05) is 18.2 Å². The Morgan fingerprint density at radius 2 is 1.82 bits per heavy atom. The maximum atomic E-state index is 13.4. The summed E-state index contributed by atoms with van der Waals surface area (Å²) in [5.74, 6) is -1.72. The summed E-state index contributed by atoms with van der Waals surface area (Å²) in [5.41, 5.74) is 2.83. The van der Waals surface area contributed by atoms with Gasteiger partial charge in [-0.15, -0.1) is 11.3 Å². The number of para-hydroxylation sites is 1. The van der Waals surface area contributed by atoms with Gasteiger partial charge in [0.15, 0.2) is 0 Å². The van der Waals surface area contributed by atoms with E-state index in [0.717, 1.165) is 16.9 Å². The van der Waals surface area contributed by atoms with Gasteiger partial charge in [-0.1, -0.05) is 18.2 Å². The number of nitrogens with one attached hydrogen (secondary N) is 1. The van der Waals surface area contributed by atoms with Gasteiger partial charge in [0.1, 0.15) is 9.88 Å². The van der Waals surface area contributed by atoms with Crippen LogP contribution in [0.25, 0.3) is 22.2 Å². The first-order chi connectivity index (χ1) is 15.8. The number of carbonyl (C=O) groups excluding carboxylic acids is 3. The number of thiophene rings is 1. The Hall–Kier alpha value is -4.05. The zero-order valence-electron chi connectivity index (χ0n) is 18.3. The van der Waals surface area contributed by atoms with Gasteiger partial charge in [-0.25, -0.2) is 14.6 Å². The number of fused-ring (bicyclic) bond motifs is 1. The Kier molecular flexibility index (Phi) is 5.93. The lowest BCUT2D eigenvalue weighted by Gasteiger charge is -2.10. The van der Waals surface area contributed by atoms with Crippen molar-refractivity contribution in [1.29, 1.82) is 0 Å². The number of nitrogens with zero attached hydrogens (tertiary/aromatic N) is 3. The van der Waals surface area contributed by atoms with Crippen molar-refractivity contribution >= 4 is 45.1 Å². The first kappa shape index (κ1) is 22.2. The summed E-state index contributed by atoms with van der Waals surface area (Å²) in [6.45, 7) is 1.60. The second-order valence-electron chi connectivity index (χ2n) is 7.17. The predicted molar refractivity (Wildman–Crippen MR) is 124 cm³/mol. The molecule has 0 aliphatic carbocycles. The molecule has 1 aromatic carbocycles. The summed E-state index contributed by atoms with van der Waals surface area (Å²) in [7, 11) is 4.28. The van der Waals surface area contributed by atoms with Crippen LogP contribution in [0.2, 0.25) is 0 Å². The Labute approximate surface area is 193 Å². The lowest BCUT2D eigenvalue weighted by atomic mass is 10.0. The van der Waals surface area contributed by atoms with Gasteiger partial charge in [0.2, 0.25) is 0 Å². The predicted octanol–water partition coefficient (Wildman–Crippen LogP) is 3.83. The number of esters is 2. The van der Waals surface area contributed by atoms with Gasteiger partial charge < -0.3 is 14.8 Å². The van der Waals surface area contributed by atoms with Crippen LogP contribution in [0.3, 0.4) is 0 Å². The molecule has 0 atom stereocenters. The molecule has 0 saturated heterocycles. The van der Waals surface area contributed by atoms with E-state index in [2.05, 4.69) is 15.4 Å². The summed E-state index contributed by atoms with van der Waals surface area (Å²) in [5, 5.41) is 7.80. The standard InChI is InChI=1S/C23H20N4O5S/c1-12-18(22(29)31-3)21(33-19(12)23(30)32-4)26-20(28)15-9-17(13-10-24-27(2)11-13)25-16-8-6-5-7-14(15)16/h5-11H,1-4H3,(H,26,28). The van der Waals surface area contributed by atoms with Gasteiger partial charge in [-0.3, -0.25) is 9.48 Å². The molecule has 9 nitrogen and oxygen atoms in total. The quantitative estimate of drug-likeness (QED) is 0.447. The number of aryl methyl sites for hydroxylation is 1. The topological polar surface area (TPSA) is 112 Å². The van der Waals surface area contributed by atoms with Gasteiger partial charge in [-0.2, -0.15) is 5.10 Å². The van der Waals surface area contributed by atoms with Gasteiger partial charge in [-0.05, 0) is 24.6 Å². The van der Waals surface area contributed by atoms with Crippen molar-refractivity contribution in [3.63, 3.8) is 0 Å². The Morgan fingerprint density at radius 1 is 1.09 bits per heavy atom. The third-order valence-corrected chi connectivity index (χ3v) is 6.28. The smallest absolute Gasteiger partial charge is 0.348 e. The molecule has 1 N–H and O–H groups in total. The highest BCUT2D eigenvalue weighted by atomic mass is 32.1. The van der Waals surface area contributed by atoms with E-state index in [0.29, 0.717) is 27.7 Å². The van der Waals surface area contributed by atoms with Crippen molar-refractivity contribution in [3.05, 3.63) is 64.3 Å². The molecule has 0 aliphatic rings. The van der Waals surface area contributed by atoms with Crippen molar-refractivity contribution in [3.8, 4) is 11.3 Å². The number of anilines is 1. The molecule has 0 bridgehead atoms. The number of pyridine rings is 1. The van der Waals surface area contributed by atoms with Crippen molar-refractivity contribution in [2.24, 2.45) is 7.05 Å². The third kappa shape index (κ3) is 4.08. The fraction of sp³-hybridized carbons (Fsp3) is 0.174. The second-order valence-corrected chi connectivity index (χ2v) is 8.19. The number of ether oxygens (including phenoxy) is 2. The van der Waals surface area contributed by atoms with Crippen LogP contribution in [-0.2, 0) is 16.5 Å². The average Bonchev–Trinajstić information content (AvgIpc) is 3.40. The van der Waals surface area contributed by atoms with Crippen LogP contribution in [-0.4, -0.2) is 46.8 Å². The normalized spacial score (nSPS) is 10.8. The summed E-state index contributed by atoms with van der Waals surface area (Å²) < 4.78 is 11.3. The number of aromatic nitrogens is 3. The molecule has 0 saturated carbocycles. The zero-order chi connectivity index (χ0) is 23.7. The minimum Gasteiger partial charge on any atom is -0.465 e. The van der Waals surface area contributed by atoms with E-state index >= 15 is 0 Å². The van der Waals surface area contributed by atoms with E-state index in [4.69, 9.17) is 9.47 Å². The van der Waals surface area contributed by atoms with Gasteiger partial charge in [0, 0.05) is 24.2 Å². The van der Waals surface area contributed by atoms with Crippen molar-refractivity contribution < 1.29 is 23.9 Å². The third-order valence-electron chi connectivity index (χ3n) is 5.10.